The number of fused-ring (bicyclic) bond motifs is 1. The molecule has 1 aliphatic carbocycles. The van der Waals surface area contributed by atoms with Gasteiger partial charge < -0.3 is 5.32 Å². The Morgan fingerprint density at radius 2 is 2.14 bits per heavy atom. The van der Waals surface area contributed by atoms with E-state index in [1.54, 1.807) is 6.20 Å². The van der Waals surface area contributed by atoms with Gasteiger partial charge in [0, 0.05) is 34.8 Å². The number of carbonyl (C=O) groups excluding carboxylic acids is 1. The van der Waals surface area contributed by atoms with Crippen molar-refractivity contribution >= 4 is 17.2 Å². The van der Waals surface area contributed by atoms with Crippen LogP contribution < -0.4 is 5.32 Å². The van der Waals surface area contributed by atoms with Crippen molar-refractivity contribution < 1.29 is 4.79 Å². The summed E-state index contributed by atoms with van der Waals surface area (Å²) >= 11 is 0. The SMILES string of the molecule is O=C1Nc2ccc(-c3cccnc3)cc2/C1=C/C1=CC=CC1. The predicted molar refractivity (Wildman–Crippen MR) is 88.1 cm³/mol. The highest BCUT2D eigenvalue weighted by molar-refractivity contribution is 6.32. The first-order valence-electron chi connectivity index (χ1n) is 7.25. The summed E-state index contributed by atoms with van der Waals surface area (Å²) in [6, 6.07) is 9.95. The minimum atomic E-state index is -0.0360. The lowest BCUT2D eigenvalue weighted by Crippen LogP contribution is -2.03. The van der Waals surface area contributed by atoms with Crippen LogP contribution in [0.3, 0.4) is 0 Å². The summed E-state index contributed by atoms with van der Waals surface area (Å²) in [6.07, 6.45) is 12.6. The maximum absolute atomic E-state index is 12.2. The maximum atomic E-state index is 12.2. The lowest BCUT2D eigenvalue weighted by Gasteiger charge is -2.05. The molecule has 22 heavy (non-hydrogen) atoms. The minimum absolute atomic E-state index is 0.0360. The number of rotatable bonds is 2. The fourth-order valence-electron chi connectivity index (χ4n) is 2.80. The molecule has 0 saturated carbocycles. The molecule has 0 fully saturated rings. The van der Waals surface area contributed by atoms with Gasteiger partial charge in [0.1, 0.15) is 0 Å². The zero-order valence-electron chi connectivity index (χ0n) is 11.9. The van der Waals surface area contributed by atoms with Crippen LogP contribution >= 0.6 is 0 Å². The summed E-state index contributed by atoms with van der Waals surface area (Å²) in [5.74, 6) is -0.0360. The van der Waals surface area contributed by atoms with Gasteiger partial charge in [-0.15, -0.1) is 0 Å². The Bertz CT molecular complexity index is 845. The van der Waals surface area contributed by atoms with Gasteiger partial charge in [-0.2, -0.15) is 0 Å². The maximum Gasteiger partial charge on any atom is 0.256 e. The van der Waals surface area contributed by atoms with E-state index in [9.17, 15) is 4.79 Å². The van der Waals surface area contributed by atoms with Crippen LogP contribution in [0.1, 0.15) is 12.0 Å². The van der Waals surface area contributed by atoms with E-state index >= 15 is 0 Å². The van der Waals surface area contributed by atoms with Crippen molar-refractivity contribution in [3.05, 3.63) is 78.2 Å². The van der Waals surface area contributed by atoms with Crippen molar-refractivity contribution in [3.8, 4) is 11.1 Å². The zero-order valence-corrected chi connectivity index (χ0v) is 11.9. The third-order valence-corrected chi connectivity index (χ3v) is 3.93. The van der Waals surface area contributed by atoms with E-state index in [-0.39, 0.29) is 5.91 Å². The van der Waals surface area contributed by atoms with Crippen LogP contribution in [0.15, 0.2) is 72.6 Å². The van der Waals surface area contributed by atoms with E-state index in [1.165, 1.54) is 0 Å². The smallest absolute Gasteiger partial charge is 0.256 e. The molecule has 1 aromatic heterocycles. The largest absolute Gasteiger partial charge is 0.321 e. The molecule has 0 unspecified atom stereocenters. The third-order valence-electron chi connectivity index (χ3n) is 3.93. The molecule has 0 bridgehead atoms. The molecule has 1 N–H and O–H groups in total. The number of pyridine rings is 1. The number of allylic oxidation sites excluding steroid dienone is 5. The summed E-state index contributed by atoms with van der Waals surface area (Å²) in [6.45, 7) is 0. The van der Waals surface area contributed by atoms with Gasteiger partial charge in [-0.05, 0) is 41.8 Å². The molecule has 2 heterocycles. The highest BCUT2D eigenvalue weighted by Gasteiger charge is 2.24. The van der Waals surface area contributed by atoms with Gasteiger partial charge in [-0.3, -0.25) is 9.78 Å². The van der Waals surface area contributed by atoms with Crippen molar-refractivity contribution in [1.29, 1.82) is 0 Å². The number of nitrogens with one attached hydrogen (secondary N) is 1. The quantitative estimate of drug-likeness (QED) is 0.849. The van der Waals surface area contributed by atoms with Gasteiger partial charge in [0.05, 0.1) is 0 Å². The van der Waals surface area contributed by atoms with Gasteiger partial charge >= 0.3 is 0 Å². The molecule has 0 atom stereocenters. The average Bonchev–Trinajstić information content (AvgIpc) is 3.17. The molecule has 0 radical (unpaired) electrons. The van der Waals surface area contributed by atoms with Gasteiger partial charge in [-0.25, -0.2) is 0 Å². The van der Waals surface area contributed by atoms with E-state index in [0.717, 1.165) is 39.9 Å². The van der Waals surface area contributed by atoms with Gasteiger partial charge in [0.25, 0.3) is 5.91 Å². The van der Waals surface area contributed by atoms with E-state index in [0.29, 0.717) is 0 Å². The molecule has 1 amide bonds. The third kappa shape index (κ3) is 2.17. The second-order valence-electron chi connectivity index (χ2n) is 5.39. The normalized spacial score (nSPS) is 17.5. The van der Waals surface area contributed by atoms with Gasteiger partial charge in [0.2, 0.25) is 0 Å². The number of hydrogen-bond donors (Lipinski definition) is 1. The highest BCUT2D eigenvalue weighted by Crippen LogP contribution is 2.36. The lowest BCUT2D eigenvalue weighted by molar-refractivity contribution is -0.110. The van der Waals surface area contributed by atoms with Crippen LogP contribution in [0.4, 0.5) is 5.69 Å². The van der Waals surface area contributed by atoms with Gasteiger partial charge in [0.15, 0.2) is 0 Å². The average molecular weight is 286 g/mol. The van der Waals surface area contributed by atoms with E-state index in [1.807, 2.05) is 48.7 Å². The summed E-state index contributed by atoms with van der Waals surface area (Å²) in [5, 5.41) is 2.93. The Balaban J connectivity index is 1.79. The van der Waals surface area contributed by atoms with Gasteiger partial charge in [-0.1, -0.05) is 30.4 Å². The van der Waals surface area contributed by atoms with Crippen LogP contribution in [-0.4, -0.2) is 10.9 Å². The molecule has 0 saturated heterocycles. The number of benzene rings is 1. The molecule has 0 spiro atoms. The Morgan fingerprint density at radius 3 is 2.91 bits per heavy atom. The highest BCUT2D eigenvalue weighted by atomic mass is 16.2. The van der Waals surface area contributed by atoms with Crippen molar-refractivity contribution in [2.75, 3.05) is 5.32 Å². The fourth-order valence-corrected chi connectivity index (χ4v) is 2.80. The Labute approximate surface area is 128 Å². The summed E-state index contributed by atoms with van der Waals surface area (Å²) in [7, 11) is 0. The van der Waals surface area contributed by atoms with Crippen molar-refractivity contribution in [3.63, 3.8) is 0 Å². The number of amides is 1. The van der Waals surface area contributed by atoms with Crippen molar-refractivity contribution in [2.24, 2.45) is 0 Å². The fraction of sp³-hybridized carbons (Fsp3) is 0.0526. The molecular weight excluding hydrogens is 272 g/mol. The molecule has 3 nitrogen and oxygen atoms in total. The Hall–Kier alpha value is -2.94. The first-order chi connectivity index (χ1) is 10.8. The van der Waals surface area contributed by atoms with E-state index in [2.05, 4.69) is 22.4 Å². The zero-order chi connectivity index (χ0) is 14.9. The summed E-state index contributed by atoms with van der Waals surface area (Å²) in [5.41, 5.74) is 5.83. The number of nitrogens with zero attached hydrogens (tertiary/aromatic N) is 1. The molecular formula is C19H14N2O. The van der Waals surface area contributed by atoms with Crippen molar-refractivity contribution in [2.45, 2.75) is 6.42 Å². The number of hydrogen-bond acceptors (Lipinski definition) is 2. The summed E-state index contributed by atoms with van der Waals surface area (Å²) < 4.78 is 0. The monoisotopic (exact) mass is 286 g/mol. The topological polar surface area (TPSA) is 42.0 Å². The molecule has 3 heteroatoms. The second-order valence-corrected chi connectivity index (χ2v) is 5.39. The first-order valence-corrected chi connectivity index (χ1v) is 7.25. The standard InChI is InChI=1S/C19H14N2O/c22-19-17(10-13-4-1-2-5-13)16-11-14(7-8-18(16)21-19)15-6-3-9-20-12-15/h1-4,6-12H,5H2,(H,21,22)/b17-10-. The Morgan fingerprint density at radius 1 is 1.18 bits per heavy atom. The van der Waals surface area contributed by atoms with Crippen LogP contribution in [0.5, 0.6) is 0 Å². The second kappa shape index (κ2) is 5.11. The van der Waals surface area contributed by atoms with E-state index in [4.69, 9.17) is 0 Å². The van der Waals surface area contributed by atoms with Crippen LogP contribution in [-0.2, 0) is 4.79 Å². The van der Waals surface area contributed by atoms with Crippen LogP contribution in [0.2, 0.25) is 0 Å². The number of carbonyl (C=O) groups is 1. The molecule has 1 aliphatic heterocycles. The molecule has 106 valence electrons. The van der Waals surface area contributed by atoms with E-state index < -0.39 is 0 Å². The number of anilines is 1. The molecule has 4 rings (SSSR count). The predicted octanol–water partition coefficient (Wildman–Crippen LogP) is 3.97. The van der Waals surface area contributed by atoms with Crippen LogP contribution in [0.25, 0.3) is 16.7 Å². The molecule has 2 aliphatic rings. The van der Waals surface area contributed by atoms with Crippen LogP contribution in [0, 0.1) is 0 Å². The molecule has 1 aromatic carbocycles. The minimum Gasteiger partial charge on any atom is -0.321 e. The summed E-state index contributed by atoms with van der Waals surface area (Å²) in [4.78, 5) is 16.4. The number of aromatic nitrogens is 1. The lowest BCUT2D eigenvalue weighted by atomic mass is 9.99. The van der Waals surface area contributed by atoms with Crippen molar-refractivity contribution in [1.82, 2.24) is 4.98 Å². The first kappa shape index (κ1) is 12.8. The Kier molecular flexibility index (Phi) is 2.97. The molecule has 2 aromatic rings.